The maximum absolute atomic E-state index is 11.7. The van der Waals surface area contributed by atoms with Gasteiger partial charge in [0.15, 0.2) is 0 Å². The molecular formula is C17H20N6O. The molecule has 0 amide bonds. The fraction of sp³-hybridized carbons (Fsp3) is 0.353. The Bertz CT molecular complexity index is 845. The summed E-state index contributed by atoms with van der Waals surface area (Å²) in [5, 5.41) is 4.10. The van der Waals surface area contributed by atoms with Crippen LogP contribution in [0.15, 0.2) is 47.4 Å². The highest BCUT2D eigenvalue weighted by Crippen LogP contribution is 2.18. The molecule has 1 aliphatic heterocycles. The maximum atomic E-state index is 11.7. The molecule has 24 heavy (non-hydrogen) atoms. The van der Waals surface area contributed by atoms with Crippen molar-refractivity contribution in [3.8, 4) is 0 Å². The topological polar surface area (TPSA) is 70.1 Å². The van der Waals surface area contributed by atoms with E-state index in [2.05, 4.69) is 24.9 Å². The lowest BCUT2D eigenvalue weighted by molar-refractivity contribution is 0.242. The zero-order chi connectivity index (χ0) is 16.4. The van der Waals surface area contributed by atoms with Crippen LogP contribution in [0.1, 0.15) is 0 Å². The summed E-state index contributed by atoms with van der Waals surface area (Å²) in [6.45, 7) is 5.24. The third kappa shape index (κ3) is 3.03. The molecule has 4 rings (SSSR count). The van der Waals surface area contributed by atoms with E-state index in [0.29, 0.717) is 6.54 Å². The van der Waals surface area contributed by atoms with E-state index in [-0.39, 0.29) is 5.56 Å². The van der Waals surface area contributed by atoms with E-state index >= 15 is 0 Å². The Labute approximate surface area is 139 Å². The maximum Gasteiger partial charge on any atom is 0.266 e. The monoisotopic (exact) mass is 324 g/mol. The van der Waals surface area contributed by atoms with Crippen molar-refractivity contribution in [2.45, 2.75) is 6.54 Å². The quantitative estimate of drug-likeness (QED) is 0.773. The molecule has 1 aliphatic rings. The summed E-state index contributed by atoms with van der Waals surface area (Å²) in [4.78, 5) is 24.4. The zero-order valence-corrected chi connectivity index (χ0v) is 13.4. The Hall–Kier alpha value is -2.67. The molecule has 7 nitrogen and oxygen atoms in total. The molecule has 1 fully saturated rings. The second-order valence-electron chi connectivity index (χ2n) is 5.99. The van der Waals surface area contributed by atoms with Crippen LogP contribution in [0.2, 0.25) is 0 Å². The van der Waals surface area contributed by atoms with Gasteiger partial charge in [-0.1, -0.05) is 12.1 Å². The standard InChI is InChI=1S/C17H20N6O/c24-16-6-3-7-18-23(16)13-10-21-8-11-22(12-9-21)17-19-14-4-1-2-5-15(14)20-17/h1-7H,8-13H2,(H,19,20). The Kier molecular flexibility index (Phi) is 4.00. The molecule has 124 valence electrons. The molecule has 1 N–H and O–H groups in total. The van der Waals surface area contributed by atoms with E-state index in [0.717, 1.165) is 49.7 Å². The van der Waals surface area contributed by atoms with Gasteiger partial charge in [0.25, 0.3) is 5.56 Å². The van der Waals surface area contributed by atoms with E-state index in [1.165, 1.54) is 4.68 Å². The number of hydrogen-bond acceptors (Lipinski definition) is 5. The molecule has 0 unspecified atom stereocenters. The highest BCUT2D eigenvalue weighted by molar-refractivity contribution is 5.77. The van der Waals surface area contributed by atoms with Gasteiger partial charge in [-0.05, 0) is 18.2 Å². The third-order valence-electron chi connectivity index (χ3n) is 4.46. The SMILES string of the molecule is O=c1cccnn1CCN1CCN(c2nc3ccccc3[nH]2)CC1. The van der Waals surface area contributed by atoms with Crippen LogP contribution < -0.4 is 10.5 Å². The molecule has 1 saturated heterocycles. The van der Waals surface area contributed by atoms with Gasteiger partial charge in [-0.3, -0.25) is 9.69 Å². The summed E-state index contributed by atoms with van der Waals surface area (Å²) in [5.41, 5.74) is 2.03. The van der Waals surface area contributed by atoms with Gasteiger partial charge in [-0.25, -0.2) is 9.67 Å². The van der Waals surface area contributed by atoms with Crippen molar-refractivity contribution in [1.29, 1.82) is 0 Å². The number of fused-ring (bicyclic) bond motifs is 1. The van der Waals surface area contributed by atoms with Crippen LogP contribution in [0, 0.1) is 0 Å². The van der Waals surface area contributed by atoms with Gasteiger partial charge in [0, 0.05) is 45.0 Å². The van der Waals surface area contributed by atoms with Crippen molar-refractivity contribution in [3.63, 3.8) is 0 Å². The first-order chi connectivity index (χ1) is 11.8. The minimum absolute atomic E-state index is 0.0431. The fourth-order valence-corrected chi connectivity index (χ4v) is 3.06. The van der Waals surface area contributed by atoms with Crippen molar-refractivity contribution in [2.24, 2.45) is 0 Å². The van der Waals surface area contributed by atoms with Crippen molar-refractivity contribution in [1.82, 2.24) is 24.6 Å². The van der Waals surface area contributed by atoms with Gasteiger partial charge in [-0.2, -0.15) is 5.10 Å². The van der Waals surface area contributed by atoms with Gasteiger partial charge in [0.2, 0.25) is 5.95 Å². The van der Waals surface area contributed by atoms with E-state index in [4.69, 9.17) is 0 Å². The molecule has 0 radical (unpaired) electrons. The first-order valence-electron chi connectivity index (χ1n) is 8.24. The number of nitrogens with zero attached hydrogens (tertiary/aromatic N) is 5. The lowest BCUT2D eigenvalue weighted by Crippen LogP contribution is -2.48. The average Bonchev–Trinajstić information content (AvgIpc) is 3.06. The van der Waals surface area contributed by atoms with Gasteiger partial charge >= 0.3 is 0 Å². The predicted octanol–water partition coefficient (Wildman–Crippen LogP) is 0.942. The Balaban J connectivity index is 1.35. The van der Waals surface area contributed by atoms with Crippen LogP contribution in [0.25, 0.3) is 11.0 Å². The molecule has 7 heteroatoms. The van der Waals surface area contributed by atoms with Gasteiger partial charge in [-0.15, -0.1) is 0 Å². The highest BCUT2D eigenvalue weighted by atomic mass is 16.1. The van der Waals surface area contributed by atoms with Crippen LogP contribution in [0.4, 0.5) is 5.95 Å². The number of hydrogen-bond donors (Lipinski definition) is 1. The Morgan fingerprint density at radius 2 is 1.83 bits per heavy atom. The molecule has 0 saturated carbocycles. The number of H-pyrrole nitrogens is 1. The molecule has 0 aliphatic carbocycles. The van der Waals surface area contributed by atoms with E-state index < -0.39 is 0 Å². The Morgan fingerprint density at radius 1 is 1.00 bits per heavy atom. The fourth-order valence-electron chi connectivity index (χ4n) is 3.06. The number of para-hydroxylation sites is 2. The summed E-state index contributed by atoms with van der Waals surface area (Å²) in [5.74, 6) is 0.941. The molecule has 0 bridgehead atoms. The van der Waals surface area contributed by atoms with Crippen LogP contribution in [0.5, 0.6) is 0 Å². The van der Waals surface area contributed by atoms with Gasteiger partial charge in [0.05, 0.1) is 17.6 Å². The smallest absolute Gasteiger partial charge is 0.266 e. The summed E-state index contributed by atoms with van der Waals surface area (Å²) in [6.07, 6.45) is 1.65. The summed E-state index contributed by atoms with van der Waals surface area (Å²) in [6, 6.07) is 11.3. The number of rotatable bonds is 4. The van der Waals surface area contributed by atoms with Gasteiger partial charge in [0.1, 0.15) is 0 Å². The zero-order valence-electron chi connectivity index (χ0n) is 13.4. The summed E-state index contributed by atoms with van der Waals surface area (Å²) < 4.78 is 1.52. The van der Waals surface area contributed by atoms with Crippen LogP contribution in [-0.2, 0) is 6.54 Å². The van der Waals surface area contributed by atoms with Crippen molar-refractivity contribution < 1.29 is 0 Å². The Morgan fingerprint density at radius 3 is 2.62 bits per heavy atom. The first kappa shape index (κ1) is 14.9. The second-order valence-corrected chi connectivity index (χ2v) is 5.99. The molecule has 2 aromatic heterocycles. The van der Waals surface area contributed by atoms with E-state index in [1.54, 1.807) is 18.3 Å². The van der Waals surface area contributed by atoms with E-state index in [1.807, 2.05) is 24.3 Å². The molecule has 0 atom stereocenters. The number of imidazole rings is 1. The first-order valence-corrected chi connectivity index (χ1v) is 8.24. The average molecular weight is 324 g/mol. The lowest BCUT2D eigenvalue weighted by Gasteiger charge is -2.34. The number of piperazine rings is 1. The van der Waals surface area contributed by atoms with Crippen molar-refractivity contribution >= 4 is 17.0 Å². The number of aromatic amines is 1. The number of aromatic nitrogens is 4. The molecular weight excluding hydrogens is 304 g/mol. The minimum Gasteiger partial charge on any atom is -0.340 e. The van der Waals surface area contributed by atoms with Gasteiger partial charge < -0.3 is 9.88 Å². The summed E-state index contributed by atoms with van der Waals surface area (Å²) in [7, 11) is 0. The van der Waals surface area contributed by atoms with E-state index in [9.17, 15) is 4.79 Å². The van der Waals surface area contributed by atoms with Crippen LogP contribution in [-0.4, -0.2) is 57.4 Å². The number of anilines is 1. The molecule has 3 heterocycles. The van der Waals surface area contributed by atoms with Crippen molar-refractivity contribution in [3.05, 3.63) is 52.9 Å². The largest absolute Gasteiger partial charge is 0.340 e. The van der Waals surface area contributed by atoms with Crippen LogP contribution >= 0.6 is 0 Å². The van der Waals surface area contributed by atoms with Crippen LogP contribution in [0.3, 0.4) is 0 Å². The minimum atomic E-state index is -0.0431. The number of nitrogens with one attached hydrogen (secondary N) is 1. The molecule has 0 spiro atoms. The normalized spacial score (nSPS) is 15.9. The number of benzene rings is 1. The lowest BCUT2D eigenvalue weighted by atomic mass is 10.3. The highest BCUT2D eigenvalue weighted by Gasteiger charge is 2.19. The predicted molar refractivity (Wildman–Crippen MR) is 93.2 cm³/mol. The molecule has 3 aromatic rings. The third-order valence-corrected chi connectivity index (χ3v) is 4.46. The van der Waals surface area contributed by atoms with Crippen molar-refractivity contribution in [2.75, 3.05) is 37.6 Å². The molecule has 1 aromatic carbocycles. The summed E-state index contributed by atoms with van der Waals surface area (Å²) >= 11 is 0. The second kappa shape index (κ2) is 6.45.